The molecule has 0 aliphatic heterocycles. The molecular weight excluding hydrogens is 206 g/mol. The van der Waals surface area contributed by atoms with Crippen molar-refractivity contribution in [1.29, 1.82) is 0 Å². The molecule has 5 heteroatoms. The van der Waals surface area contributed by atoms with Crippen molar-refractivity contribution >= 4 is 5.91 Å². The van der Waals surface area contributed by atoms with Crippen LogP contribution >= 0.6 is 0 Å². The van der Waals surface area contributed by atoms with E-state index in [1.807, 2.05) is 20.9 Å². The van der Waals surface area contributed by atoms with E-state index in [4.69, 9.17) is 4.74 Å². The lowest BCUT2D eigenvalue weighted by Gasteiger charge is -2.05. The van der Waals surface area contributed by atoms with Crippen LogP contribution in [0.25, 0.3) is 0 Å². The Kier molecular flexibility index (Phi) is 4.98. The van der Waals surface area contributed by atoms with Crippen molar-refractivity contribution in [3.63, 3.8) is 0 Å². The van der Waals surface area contributed by atoms with E-state index in [0.717, 1.165) is 17.7 Å². The number of hydrogen-bond acceptors (Lipinski definition) is 3. The van der Waals surface area contributed by atoms with Gasteiger partial charge in [0, 0.05) is 31.5 Å². The van der Waals surface area contributed by atoms with Crippen molar-refractivity contribution in [3.8, 4) is 0 Å². The molecule has 1 amide bonds. The minimum absolute atomic E-state index is 0.0864. The molecule has 1 N–H and O–H groups in total. The number of carbonyl (C=O) groups is 1. The van der Waals surface area contributed by atoms with Crippen LogP contribution < -0.4 is 5.32 Å². The van der Waals surface area contributed by atoms with Crippen LogP contribution in [0.15, 0.2) is 6.20 Å². The number of aromatic nitrogens is 2. The van der Waals surface area contributed by atoms with Gasteiger partial charge < -0.3 is 10.1 Å². The molecule has 0 radical (unpaired) electrons. The van der Waals surface area contributed by atoms with Gasteiger partial charge in [-0.25, -0.2) is 0 Å². The monoisotopic (exact) mass is 225 g/mol. The Bertz CT molecular complexity index is 347. The number of rotatable bonds is 6. The lowest BCUT2D eigenvalue weighted by molar-refractivity contribution is -0.125. The number of aryl methyl sites for hydroxylation is 1. The van der Waals surface area contributed by atoms with Crippen LogP contribution in [0.3, 0.4) is 0 Å². The first-order valence-electron chi connectivity index (χ1n) is 5.47. The summed E-state index contributed by atoms with van der Waals surface area (Å²) in [6.07, 6.45) is 2.69. The van der Waals surface area contributed by atoms with E-state index in [-0.39, 0.29) is 12.5 Å². The number of hydrogen-bond donors (Lipinski definition) is 1. The van der Waals surface area contributed by atoms with Crippen LogP contribution in [0, 0.1) is 6.92 Å². The van der Waals surface area contributed by atoms with Crippen molar-refractivity contribution in [2.75, 3.05) is 13.2 Å². The van der Waals surface area contributed by atoms with Crippen LogP contribution in [0.2, 0.25) is 0 Å². The molecule has 90 valence electrons. The van der Waals surface area contributed by atoms with Crippen LogP contribution in [0.4, 0.5) is 0 Å². The maximum absolute atomic E-state index is 11.3. The fraction of sp³-hybridized carbons (Fsp3) is 0.636. The molecule has 1 aromatic heterocycles. The summed E-state index contributed by atoms with van der Waals surface area (Å²) in [4.78, 5) is 11.3. The van der Waals surface area contributed by atoms with Gasteiger partial charge in [0.1, 0.15) is 6.61 Å². The maximum Gasteiger partial charge on any atom is 0.246 e. The molecule has 5 nitrogen and oxygen atoms in total. The molecule has 0 aromatic carbocycles. The highest BCUT2D eigenvalue weighted by Gasteiger charge is 2.05. The second-order valence-electron chi connectivity index (χ2n) is 3.71. The summed E-state index contributed by atoms with van der Waals surface area (Å²) in [5, 5.41) is 6.90. The predicted molar refractivity (Wildman–Crippen MR) is 60.9 cm³/mol. The Morgan fingerprint density at radius 3 is 2.94 bits per heavy atom. The zero-order valence-corrected chi connectivity index (χ0v) is 10.1. The third-order valence-electron chi connectivity index (χ3n) is 2.39. The fourth-order valence-corrected chi connectivity index (χ4v) is 1.27. The van der Waals surface area contributed by atoms with Gasteiger partial charge in [0.05, 0.1) is 6.20 Å². The van der Waals surface area contributed by atoms with Gasteiger partial charge in [-0.1, -0.05) is 6.92 Å². The van der Waals surface area contributed by atoms with Crippen molar-refractivity contribution in [1.82, 2.24) is 15.1 Å². The number of carbonyl (C=O) groups excluding carboxylic acids is 1. The smallest absolute Gasteiger partial charge is 0.246 e. The zero-order chi connectivity index (χ0) is 12.0. The summed E-state index contributed by atoms with van der Waals surface area (Å²) in [5.41, 5.74) is 2.10. The van der Waals surface area contributed by atoms with Gasteiger partial charge in [-0.3, -0.25) is 9.48 Å². The molecule has 1 heterocycles. The van der Waals surface area contributed by atoms with Crippen molar-refractivity contribution in [2.24, 2.45) is 7.05 Å². The fourth-order valence-electron chi connectivity index (χ4n) is 1.27. The number of ether oxygens (including phenoxy) is 1. The quantitative estimate of drug-likeness (QED) is 0.728. The summed E-state index contributed by atoms with van der Waals surface area (Å²) in [5.74, 6) is -0.0864. The van der Waals surface area contributed by atoms with Crippen LogP contribution in [0.1, 0.15) is 24.6 Å². The van der Waals surface area contributed by atoms with Crippen molar-refractivity contribution in [2.45, 2.75) is 26.8 Å². The third kappa shape index (κ3) is 3.66. The molecule has 0 aliphatic carbocycles. The predicted octanol–water partition coefficient (Wildman–Crippen LogP) is 0.771. The van der Waals surface area contributed by atoms with E-state index in [0.29, 0.717) is 13.2 Å². The molecule has 0 saturated heterocycles. The molecule has 0 atom stereocenters. The SMILES string of the molecule is CCCOCC(=O)NCc1cnn(C)c1C. The summed E-state index contributed by atoms with van der Waals surface area (Å²) >= 11 is 0. The van der Waals surface area contributed by atoms with Crippen molar-refractivity contribution < 1.29 is 9.53 Å². The van der Waals surface area contributed by atoms with E-state index >= 15 is 0 Å². The van der Waals surface area contributed by atoms with E-state index in [2.05, 4.69) is 10.4 Å². The second kappa shape index (κ2) is 6.27. The molecule has 1 rings (SSSR count). The minimum atomic E-state index is -0.0864. The molecule has 16 heavy (non-hydrogen) atoms. The number of amides is 1. The van der Waals surface area contributed by atoms with E-state index in [9.17, 15) is 4.79 Å². The summed E-state index contributed by atoms with van der Waals surface area (Å²) in [6, 6.07) is 0. The highest BCUT2D eigenvalue weighted by atomic mass is 16.5. The molecule has 0 bridgehead atoms. The molecule has 0 unspecified atom stereocenters. The van der Waals surface area contributed by atoms with E-state index in [1.54, 1.807) is 10.9 Å². The Hall–Kier alpha value is -1.36. The lowest BCUT2D eigenvalue weighted by atomic mass is 10.2. The average molecular weight is 225 g/mol. The number of nitrogens with one attached hydrogen (secondary N) is 1. The molecular formula is C11H19N3O2. The zero-order valence-electron chi connectivity index (χ0n) is 10.1. The molecule has 0 spiro atoms. The van der Waals surface area contributed by atoms with Gasteiger partial charge in [0.25, 0.3) is 0 Å². The lowest BCUT2D eigenvalue weighted by Crippen LogP contribution is -2.27. The highest BCUT2D eigenvalue weighted by Crippen LogP contribution is 2.04. The van der Waals surface area contributed by atoms with Crippen LogP contribution in [-0.4, -0.2) is 28.9 Å². The molecule has 0 fully saturated rings. The first kappa shape index (κ1) is 12.7. The van der Waals surface area contributed by atoms with E-state index < -0.39 is 0 Å². The van der Waals surface area contributed by atoms with Crippen LogP contribution in [-0.2, 0) is 23.1 Å². The summed E-state index contributed by atoms with van der Waals surface area (Å²) in [7, 11) is 1.88. The van der Waals surface area contributed by atoms with Gasteiger partial charge in [0.15, 0.2) is 0 Å². The topological polar surface area (TPSA) is 56.1 Å². The normalized spacial score (nSPS) is 10.4. The summed E-state index contributed by atoms with van der Waals surface area (Å²) < 4.78 is 6.92. The summed E-state index contributed by atoms with van der Waals surface area (Å²) in [6.45, 7) is 5.25. The Labute approximate surface area is 95.8 Å². The Morgan fingerprint density at radius 1 is 1.62 bits per heavy atom. The van der Waals surface area contributed by atoms with Gasteiger partial charge in [-0.05, 0) is 13.3 Å². The number of nitrogens with zero attached hydrogens (tertiary/aromatic N) is 2. The third-order valence-corrected chi connectivity index (χ3v) is 2.39. The van der Waals surface area contributed by atoms with Gasteiger partial charge >= 0.3 is 0 Å². The highest BCUT2D eigenvalue weighted by molar-refractivity contribution is 5.77. The molecule has 1 aromatic rings. The Balaban J connectivity index is 2.29. The van der Waals surface area contributed by atoms with Crippen LogP contribution in [0.5, 0.6) is 0 Å². The first-order valence-corrected chi connectivity index (χ1v) is 5.47. The van der Waals surface area contributed by atoms with Gasteiger partial charge in [-0.15, -0.1) is 0 Å². The first-order chi connectivity index (χ1) is 7.65. The van der Waals surface area contributed by atoms with Gasteiger partial charge in [-0.2, -0.15) is 5.10 Å². The standard InChI is InChI=1S/C11H19N3O2/c1-4-5-16-8-11(15)12-6-10-7-13-14(3)9(10)2/h7H,4-6,8H2,1-3H3,(H,12,15). The molecule has 0 aliphatic rings. The van der Waals surface area contributed by atoms with E-state index in [1.165, 1.54) is 0 Å². The second-order valence-corrected chi connectivity index (χ2v) is 3.71. The minimum Gasteiger partial charge on any atom is -0.372 e. The largest absolute Gasteiger partial charge is 0.372 e. The van der Waals surface area contributed by atoms with Gasteiger partial charge in [0.2, 0.25) is 5.91 Å². The Morgan fingerprint density at radius 2 is 2.38 bits per heavy atom. The molecule has 0 saturated carbocycles. The van der Waals surface area contributed by atoms with Crippen molar-refractivity contribution in [3.05, 3.63) is 17.5 Å². The maximum atomic E-state index is 11.3. The average Bonchev–Trinajstić information content (AvgIpc) is 2.58.